The smallest absolute Gasteiger partial charge is 0.229 e. The number of anilines is 1. The first kappa shape index (κ1) is 23.5. The van der Waals surface area contributed by atoms with Gasteiger partial charge < -0.3 is 10.2 Å². The molecule has 1 aromatic heterocycles. The monoisotopic (exact) mass is 460 g/mol. The second kappa shape index (κ2) is 10.3. The van der Waals surface area contributed by atoms with E-state index < -0.39 is 0 Å². The van der Waals surface area contributed by atoms with Crippen molar-refractivity contribution in [3.63, 3.8) is 0 Å². The fraction of sp³-hybridized carbons (Fsp3) is 0.421. The first-order chi connectivity index (χ1) is 13.1. The summed E-state index contributed by atoms with van der Waals surface area (Å²) in [6.45, 7) is 2.57. The number of hydrogen-bond donors (Lipinski definition) is 1. The molecule has 0 radical (unpaired) electrons. The van der Waals surface area contributed by atoms with Crippen LogP contribution in [0.4, 0.5) is 9.52 Å². The molecule has 1 aromatic carbocycles. The highest BCUT2D eigenvalue weighted by Gasteiger charge is 2.29. The van der Waals surface area contributed by atoms with E-state index in [1.165, 1.54) is 23.5 Å². The molecule has 0 aliphatic carbocycles. The Bertz CT molecular complexity index is 866. The summed E-state index contributed by atoms with van der Waals surface area (Å²) in [5.41, 5.74) is 1.47. The van der Waals surface area contributed by atoms with Crippen LogP contribution < -0.4 is 10.2 Å². The minimum atomic E-state index is -0.301. The third-order valence-electron chi connectivity index (χ3n) is 4.97. The normalized spacial score (nSPS) is 18.9. The van der Waals surface area contributed by atoms with Crippen LogP contribution in [-0.2, 0) is 16.0 Å². The molecule has 2 saturated heterocycles. The Kier molecular flexibility index (Phi) is 8.39. The maximum Gasteiger partial charge on any atom is 0.229 e. The highest BCUT2D eigenvalue weighted by molar-refractivity contribution is 7.14. The molecule has 2 amide bonds. The summed E-state index contributed by atoms with van der Waals surface area (Å²) in [6.07, 6.45) is 1.59. The number of carbonyl (C=O) groups excluding carboxylic acids is 2. The molecule has 10 heteroatoms. The van der Waals surface area contributed by atoms with Crippen LogP contribution in [0.2, 0.25) is 0 Å². The first-order valence-corrected chi connectivity index (χ1v) is 10.0. The Morgan fingerprint density at radius 1 is 1.31 bits per heavy atom. The lowest BCUT2D eigenvalue weighted by molar-refractivity contribution is -0.133. The molecular formula is C19H23Cl2FN4O2S. The van der Waals surface area contributed by atoms with E-state index in [9.17, 15) is 14.0 Å². The summed E-state index contributed by atoms with van der Waals surface area (Å²) < 4.78 is 13.6. The van der Waals surface area contributed by atoms with Crippen molar-refractivity contribution in [2.24, 2.45) is 0 Å². The number of carbonyl (C=O) groups is 2. The summed E-state index contributed by atoms with van der Waals surface area (Å²) in [5.74, 6) is -0.240. The lowest BCUT2D eigenvalue weighted by Crippen LogP contribution is -2.49. The van der Waals surface area contributed by atoms with Crippen molar-refractivity contribution in [1.29, 1.82) is 0 Å². The summed E-state index contributed by atoms with van der Waals surface area (Å²) in [5, 5.41) is 5.79. The number of aromatic nitrogens is 1. The average Bonchev–Trinajstić information content (AvgIpc) is 3.30. The van der Waals surface area contributed by atoms with Crippen molar-refractivity contribution < 1.29 is 14.0 Å². The minimum Gasteiger partial charge on any atom is -0.333 e. The number of nitrogens with one attached hydrogen (secondary N) is 1. The summed E-state index contributed by atoms with van der Waals surface area (Å²) in [4.78, 5) is 32.8. The molecule has 0 bridgehead atoms. The number of piperazine rings is 1. The van der Waals surface area contributed by atoms with Gasteiger partial charge in [-0.3, -0.25) is 14.5 Å². The van der Waals surface area contributed by atoms with Gasteiger partial charge in [0, 0.05) is 38.0 Å². The van der Waals surface area contributed by atoms with Gasteiger partial charge in [0.25, 0.3) is 0 Å². The molecule has 29 heavy (non-hydrogen) atoms. The van der Waals surface area contributed by atoms with Crippen LogP contribution in [0.1, 0.15) is 30.1 Å². The first-order valence-electron chi connectivity index (χ1n) is 9.12. The SMILES string of the molecule is Cl.Cl.O=C1CCCN1c1nc(CC(=O)N2CCNCC2c2cccc(F)c2)cs1. The van der Waals surface area contributed by atoms with Crippen LogP contribution in [0.5, 0.6) is 0 Å². The molecule has 1 atom stereocenters. The summed E-state index contributed by atoms with van der Waals surface area (Å²) >= 11 is 1.40. The van der Waals surface area contributed by atoms with E-state index in [0.29, 0.717) is 43.4 Å². The maximum absolute atomic E-state index is 13.6. The molecule has 0 saturated carbocycles. The van der Waals surface area contributed by atoms with Gasteiger partial charge in [0.2, 0.25) is 11.8 Å². The number of benzene rings is 1. The molecule has 6 nitrogen and oxygen atoms in total. The van der Waals surface area contributed by atoms with Crippen molar-refractivity contribution in [3.8, 4) is 0 Å². The minimum absolute atomic E-state index is 0. The second-order valence-electron chi connectivity index (χ2n) is 6.81. The van der Waals surface area contributed by atoms with E-state index in [1.807, 2.05) is 11.4 Å². The third-order valence-corrected chi connectivity index (χ3v) is 5.89. The van der Waals surface area contributed by atoms with Gasteiger partial charge in [-0.25, -0.2) is 9.37 Å². The Balaban J connectivity index is 0.00000150. The number of halogens is 3. The standard InChI is InChI=1S/C19H21FN4O2S.2ClH/c20-14-4-1-3-13(9-14)16-11-21-6-8-23(16)18(26)10-15-12-27-19(22-15)24-7-2-5-17(24)25;;/h1,3-4,9,12,16,21H,2,5-8,10-11H2;2*1H. The van der Waals surface area contributed by atoms with Crippen molar-refractivity contribution in [1.82, 2.24) is 15.2 Å². The van der Waals surface area contributed by atoms with Gasteiger partial charge in [-0.15, -0.1) is 36.2 Å². The molecular weight excluding hydrogens is 438 g/mol. The number of rotatable bonds is 4. The molecule has 2 aromatic rings. The third kappa shape index (κ3) is 5.25. The molecule has 1 N–H and O–H groups in total. The zero-order chi connectivity index (χ0) is 18.8. The number of amides is 2. The second-order valence-corrected chi connectivity index (χ2v) is 7.65. The van der Waals surface area contributed by atoms with Gasteiger partial charge in [0.05, 0.1) is 18.2 Å². The zero-order valence-electron chi connectivity index (χ0n) is 15.7. The van der Waals surface area contributed by atoms with Crippen molar-refractivity contribution >= 4 is 53.1 Å². The molecule has 2 fully saturated rings. The Morgan fingerprint density at radius 2 is 2.14 bits per heavy atom. The predicted octanol–water partition coefficient (Wildman–Crippen LogP) is 2.97. The van der Waals surface area contributed by atoms with Gasteiger partial charge in [-0.2, -0.15) is 0 Å². The quantitative estimate of drug-likeness (QED) is 0.761. The highest BCUT2D eigenvalue weighted by atomic mass is 35.5. The van der Waals surface area contributed by atoms with Crippen LogP contribution in [0.3, 0.4) is 0 Å². The largest absolute Gasteiger partial charge is 0.333 e. The fourth-order valence-electron chi connectivity index (χ4n) is 3.62. The fourth-order valence-corrected chi connectivity index (χ4v) is 4.49. The van der Waals surface area contributed by atoms with Gasteiger partial charge in [0.15, 0.2) is 5.13 Å². The van der Waals surface area contributed by atoms with Gasteiger partial charge in [-0.1, -0.05) is 12.1 Å². The van der Waals surface area contributed by atoms with E-state index in [0.717, 1.165) is 12.0 Å². The van der Waals surface area contributed by atoms with Gasteiger partial charge in [-0.05, 0) is 24.1 Å². The van der Waals surface area contributed by atoms with E-state index in [-0.39, 0.29) is 54.9 Å². The Hall–Kier alpha value is -1.74. The highest BCUT2D eigenvalue weighted by Crippen LogP contribution is 2.27. The Morgan fingerprint density at radius 3 is 2.86 bits per heavy atom. The molecule has 3 heterocycles. The molecule has 2 aliphatic rings. The maximum atomic E-state index is 13.6. The lowest BCUT2D eigenvalue weighted by Gasteiger charge is -2.36. The predicted molar refractivity (Wildman–Crippen MR) is 116 cm³/mol. The van der Waals surface area contributed by atoms with E-state index >= 15 is 0 Å². The average molecular weight is 461 g/mol. The molecule has 0 spiro atoms. The van der Waals surface area contributed by atoms with Gasteiger partial charge >= 0.3 is 0 Å². The summed E-state index contributed by atoms with van der Waals surface area (Å²) in [6, 6.07) is 6.21. The van der Waals surface area contributed by atoms with Gasteiger partial charge in [0.1, 0.15) is 5.82 Å². The molecule has 158 valence electrons. The number of thiazole rings is 1. The van der Waals surface area contributed by atoms with E-state index in [4.69, 9.17) is 0 Å². The topological polar surface area (TPSA) is 65.5 Å². The van der Waals surface area contributed by atoms with Crippen LogP contribution in [-0.4, -0.2) is 47.9 Å². The van der Waals surface area contributed by atoms with Crippen molar-refractivity contribution in [3.05, 3.63) is 46.7 Å². The van der Waals surface area contributed by atoms with E-state index in [2.05, 4.69) is 10.3 Å². The Labute approximate surface area is 185 Å². The lowest BCUT2D eigenvalue weighted by atomic mass is 10.0. The zero-order valence-corrected chi connectivity index (χ0v) is 18.1. The molecule has 4 rings (SSSR count). The van der Waals surface area contributed by atoms with Crippen molar-refractivity contribution in [2.45, 2.75) is 25.3 Å². The number of nitrogens with zero attached hydrogens (tertiary/aromatic N) is 3. The van der Waals surface area contributed by atoms with Crippen LogP contribution in [0.15, 0.2) is 29.6 Å². The number of hydrogen-bond acceptors (Lipinski definition) is 5. The van der Waals surface area contributed by atoms with Crippen LogP contribution in [0.25, 0.3) is 0 Å². The van der Waals surface area contributed by atoms with Crippen molar-refractivity contribution in [2.75, 3.05) is 31.1 Å². The summed E-state index contributed by atoms with van der Waals surface area (Å²) in [7, 11) is 0. The molecule has 1 unspecified atom stereocenters. The van der Waals surface area contributed by atoms with Crippen LogP contribution >= 0.6 is 36.2 Å². The van der Waals surface area contributed by atoms with Crippen LogP contribution in [0, 0.1) is 5.82 Å². The van der Waals surface area contributed by atoms with E-state index in [1.54, 1.807) is 15.9 Å². The molecule has 2 aliphatic heterocycles.